The van der Waals surface area contributed by atoms with Gasteiger partial charge in [0.25, 0.3) is 5.91 Å². The summed E-state index contributed by atoms with van der Waals surface area (Å²) in [5.74, 6) is 1.02. The molecule has 2 amide bonds. The maximum Gasteiger partial charge on any atom is 0.253 e. The van der Waals surface area contributed by atoms with E-state index in [-0.39, 0.29) is 11.8 Å². The van der Waals surface area contributed by atoms with E-state index in [4.69, 9.17) is 4.98 Å². The number of amides is 2. The molecule has 4 aromatic rings. The summed E-state index contributed by atoms with van der Waals surface area (Å²) >= 11 is 0. The molecule has 2 heterocycles. The molecular weight excluding hydrogens is 412 g/mol. The van der Waals surface area contributed by atoms with Crippen LogP contribution in [0.5, 0.6) is 0 Å². The van der Waals surface area contributed by atoms with E-state index in [1.165, 1.54) is 0 Å². The third-order valence-electron chi connectivity index (χ3n) is 6.15. The fourth-order valence-corrected chi connectivity index (χ4v) is 4.41. The fourth-order valence-electron chi connectivity index (χ4n) is 4.41. The Hall–Kier alpha value is -3.93. The minimum absolute atomic E-state index is 0.0271. The van der Waals surface area contributed by atoms with Gasteiger partial charge in [-0.25, -0.2) is 4.98 Å². The Morgan fingerprint density at radius 1 is 0.727 bits per heavy atom. The number of rotatable bonds is 5. The predicted molar refractivity (Wildman–Crippen MR) is 128 cm³/mol. The average Bonchev–Trinajstić information content (AvgIpc) is 3.26. The van der Waals surface area contributed by atoms with Crippen molar-refractivity contribution in [1.29, 1.82) is 0 Å². The van der Waals surface area contributed by atoms with Gasteiger partial charge in [-0.05, 0) is 36.4 Å². The first-order chi connectivity index (χ1) is 16.2. The Morgan fingerprint density at radius 2 is 1.33 bits per heavy atom. The van der Waals surface area contributed by atoms with Crippen LogP contribution in [-0.2, 0) is 11.2 Å². The van der Waals surface area contributed by atoms with Gasteiger partial charge >= 0.3 is 0 Å². The number of hydrogen-bond donors (Lipinski definition) is 0. The summed E-state index contributed by atoms with van der Waals surface area (Å²) in [5.41, 5.74) is 3.70. The van der Waals surface area contributed by atoms with E-state index >= 15 is 0 Å². The van der Waals surface area contributed by atoms with Gasteiger partial charge in [0.2, 0.25) is 5.91 Å². The van der Waals surface area contributed by atoms with Crippen LogP contribution < -0.4 is 0 Å². The summed E-state index contributed by atoms with van der Waals surface area (Å²) in [6.45, 7) is 2.24. The van der Waals surface area contributed by atoms with Gasteiger partial charge in [-0.1, -0.05) is 48.5 Å². The highest BCUT2D eigenvalue weighted by Gasteiger charge is 2.25. The molecule has 0 atom stereocenters. The first-order valence-corrected chi connectivity index (χ1v) is 11.3. The normalized spacial score (nSPS) is 13.9. The molecule has 33 heavy (non-hydrogen) atoms. The van der Waals surface area contributed by atoms with Crippen molar-refractivity contribution in [2.75, 3.05) is 26.2 Å². The summed E-state index contributed by atoms with van der Waals surface area (Å²) in [7, 11) is 0. The molecule has 1 saturated heterocycles. The number of aryl methyl sites for hydroxylation is 1. The van der Waals surface area contributed by atoms with Crippen molar-refractivity contribution in [2.45, 2.75) is 12.8 Å². The molecule has 1 aliphatic rings. The van der Waals surface area contributed by atoms with E-state index in [9.17, 15) is 9.59 Å². The summed E-state index contributed by atoms with van der Waals surface area (Å²) in [6.07, 6.45) is 0.953. The van der Waals surface area contributed by atoms with Gasteiger partial charge in [-0.2, -0.15) is 0 Å². The molecule has 0 unspecified atom stereocenters. The third-order valence-corrected chi connectivity index (χ3v) is 6.15. The van der Waals surface area contributed by atoms with Crippen LogP contribution in [0.25, 0.3) is 16.7 Å². The summed E-state index contributed by atoms with van der Waals surface area (Å²) < 4.78 is 2.14. The average molecular weight is 439 g/mol. The molecule has 3 aromatic carbocycles. The third kappa shape index (κ3) is 4.37. The van der Waals surface area contributed by atoms with Crippen LogP contribution in [0.15, 0.2) is 84.9 Å². The number of hydrogen-bond acceptors (Lipinski definition) is 3. The Kier molecular flexibility index (Phi) is 5.89. The number of imidazole rings is 1. The highest BCUT2D eigenvalue weighted by Crippen LogP contribution is 2.22. The number of fused-ring (bicyclic) bond motifs is 1. The molecular formula is C27H26N4O2. The molecule has 6 heteroatoms. The van der Waals surface area contributed by atoms with Crippen LogP contribution in [0, 0.1) is 0 Å². The van der Waals surface area contributed by atoms with Gasteiger partial charge < -0.3 is 9.80 Å². The van der Waals surface area contributed by atoms with Crippen LogP contribution >= 0.6 is 0 Å². The molecule has 166 valence electrons. The molecule has 0 aliphatic carbocycles. The van der Waals surface area contributed by atoms with Crippen molar-refractivity contribution < 1.29 is 9.59 Å². The van der Waals surface area contributed by atoms with Gasteiger partial charge in [0.05, 0.1) is 11.0 Å². The minimum Gasteiger partial charge on any atom is -0.339 e. The lowest BCUT2D eigenvalue weighted by molar-refractivity contribution is -0.132. The van der Waals surface area contributed by atoms with Crippen LogP contribution in [0.4, 0.5) is 0 Å². The van der Waals surface area contributed by atoms with Crippen LogP contribution in [0.1, 0.15) is 22.6 Å². The molecule has 0 N–H and O–H groups in total. The molecule has 0 radical (unpaired) electrons. The zero-order valence-corrected chi connectivity index (χ0v) is 18.4. The standard InChI is InChI=1S/C27H26N4O2/c32-26(29-17-19-30(20-18-29)27(33)21-9-3-1-4-10-21)16-15-25-28-23-13-7-8-14-24(23)31(25)22-11-5-2-6-12-22/h1-14H,15-20H2. The van der Waals surface area contributed by atoms with Crippen molar-refractivity contribution in [2.24, 2.45) is 0 Å². The molecule has 5 rings (SSSR count). The van der Waals surface area contributed by atoms with Gasteiger partial charge in [0, 0.05) is 50.3 Å². The van der Waals surface area contributed by atoms with Crippen LogP contribution in [0.2, 0.25) is 0 Å². The van der Waals surface area contributed by atoms with Crippen LogP contribution in [-0.4, -0.2) is 57.3 Å². The number of piperazine rings is 1. The molecule has 1 fully saturated rings. The monoisotopic (exact) mass is 438 g/mol. The lowest BCUT2D eigenvalue weighted by Gasteiger charge is -2.35. The highest BCUT2D eigenvalue weighted by atomic mass is 16.2. The van der Waals surface area contributed by atoms with E-state index in [0.29, 0.717) is 44.6 Å². The Labute approximate surface area is 193 Å². The van der Waals surface area contributed by atoms with E-state index in [1.807, 2.05) is 76.5 Å². The molecule has 0 saturated carbocycles. The second-order valence-electron chi connectivity index (χ2n) is 8.23. The smallest absolute Gasteiger partial charge is 0.253 e. The Balaban J connectivity index is 1.25. The zero-order valence-electron chi connectivity index (χ0n) is 18.4. The van der Waals surface area contributed by atoms with Crippen molar-refractivity contribution in [3.63, 3.8) is 0 Å². The molecule has 0 bridgehead atoms. The highest BCUT2D eigenvalue weighted by molar-refractivity contribution is 5.94. The second-order valence-corrected chi connectivity index (χ2v) is 8.23. The fraction of sp³-hybridized carbons (Fsp3) is 0.222. The van der Waals surface area contributed by atoms with Crippen molar-refractivity contribution in [3.05, 3.63) is 96.3 Å². The predicted octanol–water partition coefficient (Wildman–Crippen LogP) is 3.94. The number of para-hydroxylation sites is 3. The van der Waals surface area contributed by atoms with E-state index in [1.54, 1.807) is 0 Å². The van der Waals surface area contributed by atoms with Gasteiger partial charge in [-0.3, -0.25) is 14.2 Å². The van der Waals surface area contributed by atoms with Gasteiger partial charge in [0.1, 0.15) is 5.82 Å². The number of aromatic nitrogens is 2. The zero-order chi connectivity index (χ0) is 22.6. The van der Waals surface area contributed by atoms with Crippen molar-refractivity contribution in [1.82, 2.24) is 19.4 Å². The molecule has 1 aromatic heterocycles. The number of nitrogens with zero attached hydrogens (tertiary/aromatic N) is 4. The molecule has 1 aliphatic heterocycles. The first kappa shape index (κ1) is 20.9. The quantitative estimate of drug-likeness (QED) is 0.474. The summed E-state index contributed by atoms with van der Waals surface area (Å²) in [6, 6.07) is 27.5. The summed E-state index contributed by atoms with van der Waals surface area (Å²) in [5, 5.41) is 0. The topological polar surface area (TPSA) is 58.4 Å². The Morgan fingerprint density at radius 3 is 2.06 bits per heavy atom. The number of benzene rings is 3. The second kappa shape index (κ2) is 9.28. The SMILES string of the molecule is O=C(CCc1nc2ccccc2n1-c1ccccc1)N1CCN(C(=O)c2ccccc2)CC1. The lowest BCUT2D eigenvalue weighted by Crippen LogP contribution is -2.50. The minimum atomic E-state index is 0.0271. The maximum atomic E-state index is 13.0. The van der Waals surface area contributed by atoms with E-state index < -0.39 is 0 Å². The maximum absolute atomic E-state index is 13.0. The van der Waals surface area contributed by atoms with Gasteiger partial charge in [-0.15, -0.1) is 0 Å². The van der Waals surface area contributed by atoms with E-state index in [2.05, 4.69) is 22.8 Å². The van der Waals surface area contributed by atoms with Crippen molar-refractivity contribution >= 4 is 22.8 Å². The van der Waals surface area contributed by atoms with Crippen LogP contribution in [0.3, 0.4) is 0 Å². The van der Waals surface area contributed by atoms with Gasteiger partial charge in [0.15, 0.2) is 0 Å². The lowest BCUT2D eigenvalue weighted by atomic mass is 10.1. The van der Waals surface area contributed by atoms with Crippen molar-refractivity contribution in [3.8, 4) is 5.69 Å². The number of carbonyl (C=O) groups is 2. The molecule has 0 spiro atoms. The largest absolute Gasteiger partial charge is 0.339 e. The van der Waals surface area contributed by atoms with E-state index in [0.717, 1.165) is 22.5 Å². The number of carbonyl (C=O) groups excluding carboxylic acids is 2. The molecule has 6 nitrogen and oxygen atoms in total. The Bertz CT molecular complexity index is 1260. The summed E-state index contributed by atoms with van der Waals surface area (Å²) in [4.78, 5) is 34.1. The first-order valence-electron chi connectivity index (χ1n) is 11.3.